The van der Waals surface area contributed by atoms with Crippen LogP contribution in [0, 0.1) is 13.8 Å². The molecule has 0 spiro atoms. The topological polar surface area (TPSA) is 67.8 Å². The van der Waals surface area contributed by atoms with Crippen LogP contribution in [0.4, 0.5) is 5.69 Å². The van der Waals surface area contributed by atoms with Crippen LogP contribution in [0.3, 0.4) is 0 Å². The predicted octanol–water partition coefficient (Wildman–Crippen LogP) is 2.98. The smallest absolute Gasteiger partial charge is 0.234 e. The Morgan fingerprint density at radius 1 is 1.25 bits per heavy atom. The molecule has 0 unspecified atom stereocenters. The first-order valence-corrected chi connectivity index (χ1v) is 7.69. The second-order valence-corrected chi connectivity index (χ2v) is 5.88. The van der Waals surface area contributed by atoms with E-state index in [1.54, 1.807) is 0 Å². The molecule has 2 aromatic rings. The molecule has 104 valence electrons. The number of carbonyl (C=O) groups is 1. The lowest BCUT2D eigenvalue weighted by molar-refractivity contribution is -0.113. The van der Waals surface area contributed by atoms with Crippen LogP contribution in [0.15, 0.2) is 33.9 Å². The normalized spacial score (nSPS) is 10.3. The monoisotopic (exact) mass is 352 g/mol. The van der Waals surface area contributed by atoms with Crippen molar-refractivity contribution in [3.8, 4) is 0 Å². The third-order valence-corrected chi connectivity index (χ3v) is 4.08. The van der Waals surface area contributed by atoms with Gasteiger partial charge < -0.3 is 5.32 Å². The highest BCUT2D eigenvalue weighted by Gasteiger charge is 2.08. The molecular weight excluding hydrogens is 340 g/mol. The summed E-state index contributed by atoms with van der Waals surface area (Å²) in [5.74, 6) is 0.134. The van der Waals surface area contributed by atoms with Crippen LogP contribution in [0.2, 0.25) is 0 Å². The van der Waals surface area contributed by atoms with E-state index in [0.717, 1.165) is 21.5 Å². The summed E-state index contributed by atoms with van der Waals surface area (Å²) < 4.78 is 0.849. The summed E-state index contributed by atoms with van der Waals surface area (Å²) in [5, 5.41) is 11.3. The average Bonchev–Trinajstić information content (AvgIpc) is 2.43. The number of nitrogens with zero attached hydrogens (tertiary/aromatic N) is 3. The van der Waals surface area contributed by atoms with Crippen LogP contribution in [0.1, 0.15) is 11.4 Å². The van der Waals surface area contributed by atoms with E-state index in [2.05, 4.69) is 36.4 Å². The first-order chi connectivity index (χ1) is 9.56. The van der Waals surface area contributed by atoms with E-state index in [0.29, 0.717) is 5.16 Å². The minimum Gasteiger partial charge on any atom is -0.324 e. The Hall–Kier alpha value is -1.47. The van der Waals surface area contributed by atoms with Gasteiger partial charge in [-0.1, -0.05) is 23.9 Å². The Morgan fingerprint density at radius 2 is 2.00 bits per heavy atom. The van der Waals surface area contributed by atoms with Crippen LogP contribution in [0.25, 0.3) is 0 Å². The number of benzene rings is 1. The Bertz CT molecular complexity index is 636. The van der Waals surface area contributed by atoms with Gasteiger partial charge in [-0.2, -0.15) is 5.10 Å². The Labute approximate surface area is 129 Å². The van der Waals surface area contributed by atoms with E-state index in [1.165, 1.54) is 11.8 Å². The fourth-order valence-corrected chi connectivity index (χ4v) is 2.39. The highest BCUT2D eigenvalue weighted by Crippen LogP contribution is 2.21. The lowest BCUT2D eigenvalue weighted by atomic mass is 10.3. The zero-order valence-electron chi connectivity index (χ0n) is 11.1. The molecule has 0 atom stereocenters. The number of halogens is 1. The summed E-state index contributed by atoms with van der Waals surface area (Å²) in [6, 6.07) is 7.47. The molecule has 0 aliphatic rings. The molecular formula is C13H13BrN4OS. The average molecular weight is 353 g/mol. The number of nitrogens with one attached hydrogen (secondary N) is 1. The minimum absolute atomic E-state index is 0.108. The number of rotatable bonds is 4. The Morgan fingerprint density at radius 3 is 2.70 bits per heavy atom. The van der Waals surface area contributed by atoms with Crippen molar-refractivity contribution >= 4 is 39.3 Å². The zero-order valence-corrected chi connectivity index (χ0v) is 13.5. The third kappa shape index (κ3) is 4.01. The van der Waals surface area contributed by atoms with E-state index in [9.17, 15) is 4.79 Å². The van der Waals surface area contributed by atoms with Gasteiger partial charge in [0.15, 0.2) is 0 Å². The van der Waals surface area contributed by atoms with Crippen molar-refractivity contribution in [1.29, 1.82) is 0 Å². The summed E-state index contributed by atoms with van der Waals surface area (Å²) >= 11 is 4.65. The fourth-order valence-electron chi connectivity index (χ4n) is 1.38. The van der Waals surface area contributed by atoms with Gasteiger partial charge in [0.2, 0.25) is 11.1 Å². The van der Waals surface area contributed by atoms with Gasteiger partial charge in [0.25, 0.3) is 0 Å². The number of hydrogen-bond acceptors (Lipinski definition) is 5. The summed E-state index contributed by atoms with van der Waals surface area (Å²) in [6.07, 6.45) is 0. The molecule has 0 radical (unpaired) electrons. The standard InChI is InChI=1S/C13H13BrN4OS/c1-8-9(2)17-18-13(15-8)20-7-12(19)16-11-6-4-3-5-10(11)14/h3-6H,7H2,1-2H3,(H,16,19). The number of aryl methyl sites for hydroxylation is 2. The van der Waals surface area contributed by atoms with Gasteiger partial charge in [-0.25, -0.2) is 4.98 Å². The molecule has 20 heavy (non-hydrogen) atoms. The van der Waals surface area contributed by atoms with Crippen LogP contribution in [-0.4, -0.2) is 26.8 Å². The van der Waals surface area contributed by atoms with Crippen LogP contribution < -0.4 is 5.32 Å². The lowest BCUT2D eigenvalue weighted by Crippen LogP contribution is -2.14. The molecule has 1 heterocycles. The molecule has 1 aromatic carbocycles. The van der Waals surface area contributed by atoms with E-state index < -0.39 is 0 Å². The second-order valence-electron chi connectivity index (χ2n) is 4.08. The maximum atomic E-state index is 11.9. The van der Waals surface area contributed by atoms with Crippen molar-refractivity contribution in [2.75, 3.05) is 11.1 Å². The number of amides is 1. The van der Waals surface area contributed by atoms with Gasteiger partial charge in [-0.15, -0.1) is 5.10 Å². The van der Waals surface area contributed by atoms with Crippen molar-refractivity contribution in [1.82, 2.24) is 15.2 Å². The zero-order chi connectivity index (χ0) is 14.5. The van der Waals surface area contributed by atoms with Crippen molar-refractivity contribution in [2.45, 2.75) is 19.0 Å². The van der Waals surface area contributed by atoms with Gasteiger partial charge in [0, 0.05) is 4.47 Å². The highest BCUT2D eigenvalue weighted by atomic mass is 79.9. The number of anilines is 1. The molecule has 0 fully saturated rings. The molecule has 7 heteroatoms. The molecule has 0 bridgehead atoms. The van der Waals surface area contributed by atoms with Crippen LogP contribution >= 0.6 is 27.7 Å². The molecule has 1 N–H and O–H groups in total. The number of aromatic nitrogens is 3. The number of hydrogen-bond donors (Lipinski definition) is 1. The molecule has 0 aliphatic carbocycles. The van der Waals surface area contributed by atoms with Gasteiger partial charge in [-0.3, -0.25) is 4.79 Å². The van der Waals surface area contributed by atoms with Gasteiger partial charge in [0.05, 0.1) is 22.8 Å². The molecule has 1 aromatic heterocycles. The van der Waals surface area contributed by atoms with Crippen LogP contribution in [0.5, 0.6) is 0 Å². The van der Waals surface area contributed by atoms with Crippen molar-refractivity contribution in [2.24, 2.45) is 0 Å². The molecule has 2 rings (SSSR count). The van der Waals surface area contributed by atoms with Crippen LogP contribution in [-0.2, 0) is 4.79 Å². The number of carbonyl (C=O) groups excluding carboxylic acids is 1. The Balaban J connectivity index is 1.92. The van der Waals surface area contributed by atoms with Crippen molar-refractivity contribution in [3.63, 3.8) is 0 Å². The molecule has 1 amide bonds. The summed E-state index contributed by atoms with van der Waals surface area (Å²) in [7, 11) is 0. The van der Waals surface area contributed by atoms with Crippen molar-refractivity contribution in [3.05, 3.63) is 40.1 Å². The van der Waals surface area contributed by atoms with E-state index in [-0.39, 0.29) is 11.7 Å². The first-order valence-electron chi connectivity index (χ1n) is 5.91. The molecule has 0 saturated carbocycles. The fraction of sp³-hybridized carbons (Fsp3) is 0.231. The van der Waals surface area contributed by atoms with Gasteiger partial charge >= 0.3 is 0 Å². The lowest BCUT2D eigenvalue weighted by Gasteiger charge is -2.06. The number of thioether (sulfide) groups is 1. The molecule has 5 nitrogen and oxygen atoms in total. The summed E-state index contributed by atoms with van der Waals surface area (Å²) in [6.45, 7) is 3.72. The highest BCUT2D eigenvalue weighted by molar-refractivity contribution is 9.10. The first kappa shape index (κ1) is 14.9. The van der Waals surface area contributed by atoms with E-state index in [1.807, 2.05) is 38.1 Å². The van der Waals surface area contributed by atoms with E-state index in [4.69, 9.17) is 0 Å². The maximum Gasteiger partial charge on any atom is 0.234 e. The third-order valence-electron chi connectivity index (χ3n) is 2.55. The van der Waals surface area contributed by atoms with Gasteiger partial charge in [-0.05, 0) is 41.9 Å². The van der Waals surface area contributed by atoms with E-state index >= 15 is 0 Å². The molecule has 0 saturated heterocycles. The van der Waals surface area contributed by atoms with Gasteiger partial charge in [0.1, 0.15) is 0 Å². The maximum absolute atomic E-state index is 11.9. The summed E-state index contributed by atoms with van der Waals surface area (Å²) in [5.41, 5.74) is 2.37. The number of para-hydroxylation sites is 1. The molecule has 0 aliphatic heterocycles. The SMILES string of the molecule is Cc1nnc(SCC(=O)Nc2ccccc2Br)nc1C. The Kier molecular flexibility index (Phi) is 5.08. The summed E-state index contributed by atoms with van der Waals surface area (Å²) in [4.78, 5) is 16.1. The second kappa shape index (κ2) is 6.81. The minimum atomic E-state index is -0.108. The predicted molar refractivity (Wildman–Crippen MR) is 82.8 cm³/mol. The van der Waals surface area contributed by atoms with Crippen molar-refractivity contribution < 1.29 is 4.79 Å². The quantitative estimate of drug-likeness (QED) is 0.856. The largest absolute Gasteiger partial charge is 0.324 e.